The van der Waals surface area contributed by atoms with Crippen LogP contribution < -0.4 is 42.6 Å². The molecule has 11 aromatic carbocycles. The number of hydrogen-bond acceptors (Lipinski definition) is 10. The molecule has 14 heteroatoms. The number of aryl methyl sites for hydroxylation is 8. The summed E-state index contributed by atoms with van der Waals surface area (Å²) in [6, 6.07) is 78.8. The minimum absolute atomic E-state index is 0.0598. The summed E-state index contributed by atoms with van der Waals surface area (Å²) in [5.74, 6) is 10.8. The van der Waals surface area contributed by atoms with Gasteiger partial charge in [-0.2, -0.15) is 0 Å². The van der Waals surface area contributed by atoms with Crippen LogP contribution in [0.2, 0.25) is 10.0 Å². The van der Waals surface area contributed by atoms with Crippen LogP contribution in [0.4, 0.5) is 8.78 Å². The van der Waals surface area contributed by atoms with Crippen LogP contribution in [-0.4, -0.2) is 25.8 Å². The topological polar surface area (TPSA) is 96.0 Å². The van der Waals surface area contributed by atoms with E-state index in [1.807, 2.05) is 254 Å². The van der Waals surface area contributed by atoms with Gasteiger partial charge in [-0.3, -0.25) is 0 Å². The number of ether oxygens (including phenoxy) is 9. The number of aromatic nitrogens is 1. The Morgan fingerprint density at radius 1 is 0.350 bits per heavy atom. The number of halogens is 4. The first-order valence-electron chi connectivity index (χ1n) is 32.5. The van der Waals surface area contributed by atoms with Gasteiger partial charge in [-0.1, -0.05) is 162 Å². The van der Waals surface area contributed by atoms with Crippen molar-refractivity contribution in [2.45, 2.75) is 82.1 Å². The van der Waals surface area contributed by atoms with Gasteiger partial charge >= 0.3 is 0 Å². The highest BCUT2D eigenvalue weighted by Gasteiger charge is 2.09. The van der Waals surface area contributed by atoms with Crippen molar-refractivity contribution in [2.75, 3.05) is 20.8 Å². The SMILES string of the molecule is CCOc1cccc(Oc2ccc(C)cc2)c1.COc1cc(Oc2ccc(C)cc2)ccc1C.COc1ccc(C)c(Oc2ccc(C)cc2)c1.Cc1ccc(Oc2cc(F)cc(Cl)c2)cc1.Cc1ccc(Oc2ccc(F)c(Cl)c2)cc1.Cc1ccc(Oc2cccc(C(C)C)c2)nc1. The maximum atomic E-state index is 13.0. The lowest BCUT2D eigenvalue weighted by atomic mass is 10.0. The van der Waals surface area contributed by atoms with Gasteiger partial charge in [0.25, 0.3) is 0 Å². The Morgan fingerprint density at radius 2 is 0.760 bits per heavy atom. The molecule has 0 bridgehead atoms. The predicted molar refractivity (Wildman–Crippen MR) is 402 cm³/mol. The summed E-state index contributed by atoms with van der Waals surface area (Å²) < 4.78 is 75.8. The third-order valence-corrected chi connectivity index (χ3v) is 15.0. The quantitative estimate of drug-likeness (QED) is 0.0877. The van der Waals surface area contributed by atoms with Crippen LogP contribution in [0.1, 0.15) is 76.8 Å². The summed E-state index contributed by atoms with van der Waals surface area (Å²) in [4.78, 5) is 4.23. The lowest BCUT2D eigenvalue weighted by molar-refractivity contribution is 0.338. The molecular weight excluding hydrogens is 1300 g/mol. The third kappa shape index (κ3) is 26.9. The van der Waals surface area contributed by atoms with Crippen LogP contribution in [0.15, 0.2) is 261 Å². The van der Waals surface area contributed by atoms with Gasteiger partial charge in [-0.25, -0.2) is 13.8 Å². The highest BCUT2D eigenvalue weighted by atomic mass is 35.5. The molecule has 0 amide bonds. The Hall–Kier alpha value is -10.8. The molecule has 0 aliphatic rings. The zero-order valence-electron chi connectivity index (χ0n) is 58.7. The molecule has 0 N–H and O–H groups in total. The molecule has 12 rings (SSSR count). The standard InChI is InChI=1S/C15H17NO.3C15H16O2.2C13H10ClFO/c1-11(2)13-5-4-6-14(9-13)17-15-8-7-12(3)10-16-15;1-11-4-7-13(8-5-11)17-14-9-6-12(2)15(10-14)16-3;1-11-4-7-13(8-5-11)17-15-10-14(16-3)9-6-12(15)2;1-3-16-14-5-4-6-15(11-14)17-13-9-7-12(2)8-10-13;1-9-2-4-12(5-3-9)16-13-7-10(14)6-11(15)8-13;1-9-2-4-10(5-3-9)16-11-6-7-13(15)12(14)8-11/h4-11H,1-3H3;2*4-10H,1-3H3;4-11H,3H2,1-2H3;2*2-8H,1H3. The van der Waals surface area contributed by atoms with E-state index >= 15 is 0 Å². The summed E-state index contributed by atoms with van der Waals surface area (Å²) in [6.07, 6.45) is 1.81. The maximum absolute atomic E-state index is 13.0. The van der Waals surface area contributed by atoms with E-state index in [4.69, 9.17) is 65.8 Å². The Morgan fingerprint density at radius 3 is 1.22 bits per heavy atom. The molecule has 0 spiro atoms. The largest absolute Gasteiger partial charge is 0.497 e. The van der Waals surface area contributed by atoms with E-state index in [2.05, 4.69) is 51.7 Å². The summed E-state index contributed by atoms with van der Waals surface area (Å²) >= 11 is 11.4. The Labute approximate surface area is 598 Å². The van der Waals surface area contributed by atoms with E-state index in [9.17, 15) is 8.78 Å². The molecule has 100 heavy (non-hydrogen) atoms. The second kappa shape index (κ2) is 39.6. The number of rotatable bonds is 17. The average molecular weight is 1390 g/mol. The molecule has 0 saturated heterocycles. The van der Waals surface area contributed by atoms with Crippen LogP contribution in [0.5, 0.6) is 86.4 Å². The van der Waals surface area contributed by atoms with E-state index in [-0.39, 0.29) is 5.02 Å². The van der Waals surface area contributed by atoms with E-state index in [1.165, 1.54) is 46.5 Å². The molecule has 0 aliphatic heterocycles. The van der Waals surface area contributed by atoms with Gasteiger partial charge < -0.3 is 42.6 Å². The number of hydrogen-bond donors (Lipinski definition) is 0. The van der Waals surface area contributed by atoms with Gasteiger partial charge in [-0.05, 0) is 212 Å². The van der Waals surface area contributed by atoms with Gasteiger partial charge in [0.15, 0.2) is 0 Å². The lowest BCUT2D eigenvalue weighted by Crippen LogP contribution is -1.91. The first kappa shape index (κ1) is 76.6. The first-order valence-corrected chi connectivity index (χ1v) is 33.2. The van der Waals surface area contributed by atoms with E-state index in [1.54, 1.807) is 26.4 Å². The molecule has 0 aliphatic carbocycles. The van der Waals surface area contributed by atoms with E-state index in [0.717, 1.165) is 85.3 Å². The van der Waals surface area contributed by atoms with E-state index in [0.29, 0.717) is 46.4 Å². The molecule has 12 aromatic rings. The van der Waals surface area contributed by atoms with Crippen LogP contribution >= 0.6 is 23.2 Å². The summed E-state index contributed by atoms with van der Waals surface area (Å²) in [7, 11) is 3.32. The van der Waals surface area contributed by atoms with Gasteiger partial charge in [0.1, 0.15) is 92.1 Å². The minimum atomic E-state index is -0.446. The van der Waals surface area contributed by atoms with Crippen molar-refractivity contribution in [2.24, 2.45) is 0 Å². The molecule has 10 nitrogen and oxygen atoms in total. The molecule has 1 heterocycles. The van der Waals surface area contributed by atoms with E-state index < -0.39 is 11.6 Å². The molecule has 516 valence electrons. The van der Waals surface area contributed by atoms with Crippen LogP contribution in [0, 0.1) is 67.0 Å². The maximum Gasteiger partial charge on any atom is 0.219 e. The fourth-order valence-electron chi connectivity index (χ4n) is 8.88. The van der Waals surface area contributed by atoms with Gasteiger partial charge in [0.2, 0.25) is 5.88 Å². The second-order valence-electron chi connectivity index (χ2n) is 23.4. The first-order chi connectivity index (χ1) is 48.1. The van der Waals surface area contributed by atoms with Crippen molar-refractivity contribution < 1.29 is 51.4 Å². The number of pyridine rings is 1. The molecule has 0 unspecified atom stereocenters. The highest BCUT2D eigenvalue weighted by Crippen LogP contribution is 2.33. The zero-order chi connectivity index (χ0) is 71.9. The summed E-state index contributed by atoms with van der Waals surface area (Å²) in [6.45, 7) is 23.2. The Kier molecular flexibility index (Phi) is 30.3. The number of methoxy groups -OCH3 is 2. The number of nitrogens with zero attached hydrogens (tertiary/aromatic N) is 1. The average Bonchev–Trinajstić information content (AvgIpc) is 0.934. The van der Waals surface area contributed by atoms with Crippen molar-refractivity contribution in [3.05, 3.63) is 333 Å². The Balaban J connectivity index is 0.000000169. The molecule has 1 aromatic heterocycles. The molecule has 0 radical (unpaired) electrons. The fraction of sp³-hybridized carbons (Fsp3) is 0.174. The summed E-state index contributed by atoms with van der Waals surface area (Å²) in [5, 5.41) is 0.381. The van der Waals surface area contributed by atoms with Gasteiger partial charge in [0, 0.05) is 47.6 Å². The molecule has 0 atom stereocenters. The van der Waals surface area contributed by atoms with Crippen molar-refractivity contribution in [1.82, 2.24) is 4.98 Å². The van der Waals surface area contributed by atoms with Crippen LogP contribution in [0.25, 0.3) is 0 Å². The van der Waals surface area contributed by atoms with Crippen molar-refractivity contribution in [3.63, 3.8) is 0 Å². The van der Waals surface area contributed by atoms with Crippen molar-refractivity contribution >= 4 is 23.2 Å². The molecular formula is C86H85Cl2F2NO9. The molecule has 0 saturated carbocycles. The van der Waals surface area contributed by atoms with Gasteiger partial charge in [0.05, 0.1) is 25.8 Å². The van der Waals surface area contributed by atoms with Gasteiger partial charge in [-0.15, -0.1) is 0 Å². The summed E-state index contributed by atoms with van der Waals surface area (Å²) in [5.41, 5.74) is 10.6. The zero-order valence-corrected chi connectivity index (χ0v) is 60.3. The minimum Gasteiger partial charge on any atom is -0.497 e. The number of benzene rings is 11. The van der Waals surface area contributed by atoms with Crippen molar-refractivity contribution in [1.29, 1.82) is 0 Å². The van der Waals surface area contributed by atoms with Crippen LogP contribution in [0.3, 0.4) is 0 Å². The third-order valence-electron chi connectivity index (χ3n) is 14.5. The molecule has 0 fully saturated rings. The monoisotopic (exact) mass is 1380 g/mol. The highest BCUT2D eigenvalue weighted by molar-refractivity contribution is 6.31. The van der Waals surface area contributed by atoms with Crippen molar-refractivity contribution in [3.8, 4) is 86.4 Å². The van der Waals surface area contributed by atoms with Crippen LogP contribution in [-0.2, 0) is 0 Å². The lowest BCUT2D eigenvalue weighted by Gasteiger charge is -2.10. The second-order valence-corrected chi connectivity index (χ2v) is 24.3. The smallest absolute Gasteiger partial charge is 0.219 e. The fourth-order valence-corrected chi connectivity index (χ4v) is 9.26. The predicted octanol–water partition coefficient (Wildman–Crippen LogP) is 25.9. The Bertz CT molecular complexity index is 4420. The normalized spacial score (nSPS) is 10.2.